The van der Waals surface area contributed by atoms with Crippen LogP contribution in [0.4, 0.5) is 5.69 Å². The number of hydrogen-bond donors (Lipinski definition) is 2. The van der Waals surface area contributed by atoms with E-state index >= 15 is 0 Å². The molecule has 0 atom stereocenters. The van der Waals surface area contributed by atoms with E-state index in [1.54, 1.807) is 0 Å². The molecule has 19 heavy (non-hydrogen) atoms. The molecule has 4 rings (SSSR count). The van der Waals surface area contributed by atoms with E-state index in [1.807, 2.05) is 0 Å². The van der Waals surface area contributed by atoms with Gasteiger partial charge in [-0.15, -0.1) is 0 Å². The highest BCUT2D eigenvalue weighted by atomic mass is 14.9. The van der Waals surface area contributed by atoms with Gasteiger partial charge in [0.25, 0.3) is 0 Å². The normalized spacial score (nSPS) is 23.6. The van der Waals surface area contributed by atoms with Crippen molar-refractivity contribution in [2.24, 2.45) is 11.3 Å². The third kappa shape index (κ3) is 2.27. The van der Waals surface area contributed by atoms with E-state index < -0.39 is 0 Å². The van der Waals surface area contributed by atoms with E-state index in [0.29, 0.717) is 5.41 Å². The standard InChI is InChI=1S/C17H24N2/c1-3-13-5-2-10-19-16(13)14(4-1)11-18-12-17(8-9-17)15-6-7-15/h1,3-4,15,18-19H,2,5-12H2. The van der Waals surface area contributed by atoms with E-state index in [2.05, 4.69) is 28.8 Å². The van der Waals surface area contributed by atoms with Crippen LogP contribution in [0, 0.1) is 11.3 Å². The van der Waals surface area contributed by atoms with Crippen molar-refractivity contribution in [2.45, 2.75) is 45.1 Å². The van der Waals surface area contributed by atoms with Gasteiger partial charge in [0.1, 0.15) is 0 Å². The molecule has 1 aromatic carbocycles. The lowest BCUT2D eigenvalue weighted by Crippen LogP contribution is -2.26. The molecule has 2 fully saturated rings. The van der Waals surface area contributed by atoms with Crippen molar-refractivity contribution >= 4 is 5.69 Å². The van der Waals surface area contributed by atoms with Crippen molar-refractivity contribution < 1.29 is 0 Å². The maximum Gasteiger partial charge on any atom is 0.0418 e. The minimum absolute atomic E-state index is 0.711. The SMILES string of the molecule is c1cc2c(c(CNCC3(C4CC4)CC3)c1)NCCC2. The van der Waals surface area contributed by atoms with E-state index in [9.17, 15) is 0 Å². The summed E-state index contributed by atoms with van der Waals surface area (Å²) in [5.74, 6) is 1.06. The fourth-order valence-electron chi connectivity index (χ4n) is 3.76. The van der Waals surface area contributed by atoms with Gasteiger partial charge in [0.05, 0.1) is 0 Å². The highest BCUT2D eigenvalue weighted by Gasteiger charge is 2.53. The van der Waals surface area contributed by atoms with Gasteiger partial charge in [-0.05, 0) is 61.0 Å². The lowest BCUT2D eigenvalue weighted by molar-refractivity contribution is 0.403. The molecule has 0 aromatic heterocycles. The molecule has 1 heterocycles. The quantitative estimate of drug-likeness (QED) is 0.844. The average Bonchev–Trinajstić information content (AvgIpc) is 3.32. The van der Waals surface area contributed by atoms with Crippen LogP contribution < -0.4 is 10.6 Å². The second-order valence-corrected chi connectivity index (χ2v) is 6.72. The summed E-state index contributed by atoms with van der Waals surface area (Å²) in [5, 5.41) is 7.33. The molecule has 3 aliphatic rings. The molecule has 102 valence electrons. The van der Waals surface area contributed by atoms with Crippen molar-refractivity contribution in [1.29, 1.82) is 0 Å². The predicted octanol–water partition coefficient (Wildman–Crippen LogP) is 3.32. The number of hydrogen-bond acceptors (Lipinski definition) is 2. The fourth-order valence-corrected chi connectivity index (χ4v) is 3.76. The van der Waals surface area contributed by atoms with Gasteiger partial charge >= 0.3 is 0 Å². The van der Waals surface area contributed by atoms with Crippen LogP contribution in [-0.4, -0.2) is 13.1 Å². The van der Waals surface area contributed by atoms with Gasteiger partial charge in [0.2, 0.25) is 0 Å². The van der Waals surface area contributed by atoms with Crippen LogP contribution in [0.15, 0.2) is 18.2 Å². The predicted molar refractivity (Wildman–Crippen MR) is 79.4 cm³/mol. The molecule has 2 nitrogen and oxygen atoms in total. The summed E-state index contributed by atoms with van der Waals surface area (Å²) in [6, 6.07) is 6.77. The maximum atomic E-state index is 3.74. The smallest absolute Gasteiger partial charge is 0.0418 e. The summed E-state index contributed by atoms with van der Waals surface area (Å²) in [6.45, 7) is 3.40. The molecule has 0 unspecified atom stereocenters. The molecular formula is C17H24N2. The first-order chi connectivity index (χ1) is 9.37. The summed E-state index contributed by atoms with van der Waals surface area (Å²) < 4.78 is 0. The number of rotatable bonds is 5. The summed E-state index contributed by atoms with van der Waals surface area (Å²) in [5.41, 5.74) is 5.10. The minimum atomic E-state index is 0.711. The van der Waals surface area contributed by atoms with Gasteiger partial charge in [0.15, 0.2) is 0 Å². The number of anilines is 1. The Morgan fingerprint density at radius 1 is 1.26 bits per heavy atom. The van der Waals surface area contributed by atoms with Crippen LogP contribution in [0.5, 0.6) is 0 Å². The van der Waals surface area contributed by atoms with Crippen LogP contribution in [0.2, 0.25) is 0 Å². The molecule has 2 aliphatic carbocycles. The second kappa shape index (κ2) is 4.52. The lowest BCUT2D eigenvalue weighted by Gasteiger charge is -2.22. The van der Waals surface area contributed by atoms with Gasteiger partial charge in [-0.2, -0.15) is 0 Å². The summed E-state index contributed by atoms with van der Waals surface area (Å²) in [4.78, 5) is 0. The summed E-state index contributed by atoms with van der Waals surface area (Å²) in [6.07, 6.45) is 8.43. The Bertz CT molecular complexity index is 472. The largest absolute Gasteiger partial charge is 0.385 e. The molecule has 0 radical (unpaired) electrons. The zero-order valence-corrected chi connectivity index (χ0v) is 11.7. The Balaban J connectivity index is 1.40. The van der Waals surface area contributed by atoms with Gasteiger partial charge in [-0.25, -0.2) is 0 Å². The van der Waals surface area contributed by atoms with Crippen molar-refractivity contribution in [1.82, 2.24) is 5.32 Å². The summed E-state index contributed by atoms with van der Waals surface area (Å²) in [7, 11) is 0. The Labute approximate surface area is 116 Å². The van der Waals surface area contributed by atoms with Crippen molar-refractivity contribution in [3.8, 4) is 0 Å². The maximum absolute atomic E-state index is 3.74. The third-order valence-electron chi connectivity index (χ3n) is 5.29. The van der Waals surface area contributed by atoms with Crippen molar-refractivity contribution in [3.63, 3.8) is 0 Å². The molecule has 1 aliphatic heterocycles. The molecular weight excluding hydrogens is 232 g/mol. The van der Waals surface area contributed by atoms with Gasteiger partial charge in [-0.1, -0.05) is 18.2 Å². The Kier molecular flexibility index (Phi) is 2.80. The summed E-state index contributed by atoms with van der Waals surface area (Å²) >= 11 is 0. The Morgan fingerprint density at radius 3 is 2.95 bits per heavy atom. The van der Waals surface area contributed by atoms with E-state index in [1.165, 1.54) is 61.9 Å². The molecule has 0 saturated heterocycles. The van der Waals surface area contributed by atoms with Gasteiger partial charge in [-0.3, -0.25) is 0 Å². The van der Waals surface area contributed by atoms with E-state index in [-0.39, 0.29) is 0 Å². The molecule has 0 amide bonds. The van der Waals surface area contributed by atoms with Gasteiger partial charge < -0.3 is 10.6 Å². The third-order valence-corrected chi connectivity index (χ3v) is 5.29. The fraction of sp³-hybridized carbons (Fsp3) is 0.647. The Hall–Kier alpha value is -1.02. The van der Waals surface area contributed by atoms with Gasteiger partial charge in [0, 0.05) is 25.3 Å². The van der Waals surface area contributed by atoms with Crippen LogP contribution in [0.3, 0.4) is 0 Å². The number of aryl methyl sites for hydroxylation is 1. The minimum Gasteiger partial charge on any atom is -0.385 e. The first-order valence-corrected chi connectivity index (χ1v) is 7.93. The van der Waals surface area contributed by atoms with Crippen LogP contribution in [0.25, 0.3) is 0 Å². The number of fused-ring (bicyclic) bond motifs is 1. The molecule has 0 spiro atoms. The molecule has 0 bridgehead atoms. The number of para-hydroxylation sites is 1. The molecule has 1 aromatic rings. The van der Waals surface area contributed by atoms with Crippen LogP contribution in [-0.2, 0) is 13.0 Å². The lowest BCUT2D eigenvalue weighted by atomic mass is 9.98. The second-order valence-electron chi connectivity index (χ2n) is 6.72. The van der Waals surface area contributed by atoms with Crippen LogP contribution >= 0.6 is 0 Å². The zero-order chi connectivity index (χ0) is 12.7. The zero-order valence-electron chi connectivity index (χ0n) is 11.7. The van der Waals surface area contributed by atoms with E-state index in [4.69, 9.17) is 0 Å². The highest BCUT2D eigenvalue weighted by molar-refractivity contribution is 5.59. The Morgan fingerprint density at radius 2 is 2.16 bits per heavy atom. The van der Waals surface area contributed by atoms with E-state index in [0.717, 1.165) is 19.0 Å². The monoisotopic (exact) mass is 256 g/mol. The molecule has 2 N–H and O–H groups in total. The highest BCUT2D eigenvalue weighted by Crippen LogP contribution is 2.60. The number of nitrogens with one attached hydrogen (secondary N) is 2. The number of benzene rings is 1. The van der Waals surface area contributed by atoms with Crippen molar-refractivity contribution in [2.75, 3.05) is 18.4 Å². The van der Waals surface area contributed by atoms with Crippen LogP contribution in [0.1, 0.15) is 43.2 Å². The van der Waals surface area contributed by atoms with Crippen molar-refractivity contribution in [3.05, 3.63) is 29.3 Å². The molecule has 2 saturated carbocycles. The topological polar surface area (TPSA) is 24.1 Å². The molecule has 2 heteroatoms. The first-order valence-electron chi connectivity index (χ1n) is 7.93. The average molecular weight is 256 g/mol. The first kappa shape index (κ1) is 11.8.